The van der Waals surface area contributed by atoms with Crippen LogP contribution < -0.4 is 16.9 Å². The van der Waals surface area contributed by atoms with Gasteiger partial charge < -0.3 is 69.9 Å². The number of hydrogen-bond acceptors (Lipinski definition) is 18. The Bertz CT molecular complexity index is 2210. The third kappa shape index (κ3) is 15.0. The average molecular weight is 1090 g/mol. The zero-order chi connectivity index (χ0) is 57.3. The average Bonchev–Trinajstić information content (AvgIpc) is 3.40. The number of ether oxygens (including phenoxy) is 7. The van der Waals surface area contributed by atoms with Crippen molar-refractivity contribution in [3.63, 3.8) is 0 Å². The molecule has 9 N–H and O–H groups in total. The summed E-state index contributed by atoms with van der Waals surface area (Å²) in [5, 5.41) is 35.3. The lowest BCUT2D eigenvalue weighted by atomic mass is 9.67. The van der Waals surface area contributed by atoms with E-state index in [-0.39, 0.29) is 49.7 Å². The van der Waals surface area contributed by atoms with Crippen molar-refractivity contribution in [2.24, 2.45) is 35.0 Å². The molecule has 436 valence electrons. The zero-order valence-corrected chi connectivity index (χ0v) is 48.6. The number of esters is 1. The maximum absolute atomic E-state index is 15.1. The molecule has 4 heterocycles. The summed E-state index contributed by atoms with van der Waals surface area (Å²) in [7, 11) is 8.49. The number of benzene rings is 1. The van der Waals surface area contributed by atoms with Gasteiger partial charge in [-0.25, -0.2) is 19.8 Å². The van der Waals surface area contributed by atoms with Crippen LogP contribution in [0.2, 0.25) is 0 Å². The number of aliphatic hydroxyl groups is 3. The lowest BCUT2D eigenvalue weighted by Crippen LogP contribution is -2.61. The van der Waals surface area contributed by atoms with Crippen molar-refractivity contribution in [2.45, 2.75) is 186 Å². The Balaban J connectivity index is 1.43. The van der Waals surface area contributed by atoms with Gasteiger partial charge in [-0.1, -0.05) is 65.8 Å². The fraction of sp³-hybridized carbons (Fsp3) is 0.754. The third-order valence-corrected chi connectivity index (χ3v) is 17.5. The highest BCUT2D eigenvalue weighted by Crippen LogP contribution is 2.46. The molecule has 3 saturated heterocycles. The highest BCUT2D eigenvalue weighted by molar-refractivity contribution is 5.83. The van der Waals surface area contributed by atoms with Gasteiger partial charge in [0.15, 0.2) is 6.29 Å². The van der Waals surface area contributed by atoms with Crippen LogP contribution in [0.4, 0.5) is 10.3 Å². The number of carbonyl (C=O) groups is 2. The number of nitrogens with two attached hydrogens (primary N) is 1. The number of anilines is 1. The van der Waals surface area contributed by atoms with Gasteiger partial charge in [-0.05, 0) is 64.6 Å². The molecule has 3 aliphatic heterocycles. The molecule has 0 amide bonds. The number of methoxy groups -OCH3 is 3. The lowest BCUT2D eigenvalue weighted by molar-refractivity contribution is -0.309. The first-order valence-electron chi connectivity index (χ1n) is 27.5. The SMILES string of the molecule is CNN(/C=C(\[NH3+])CCN(C)[C@@H]1C[C@H](O[C@@H]2[C@@H](C)C([C@H]3C[C@@](C)(OC)[C@@H](O)[C@H](C)O3)[C@@H](C)C(=O)O[C@H](CCO)C(C)(C)[C@H](O)[C@@H](C)C(=O)[C@H](C)C[C@@]2(C)OC)O[C@H](C)C1)[C@H](CF)[C@H](OC)c1ccc(-c2cnc(N)nc2)cc1. The van der Waals surface area contributed by atoms with Gasteiger partial charge in [0.05, 0.1) is 53.8 Å². The molecule has 18 atom stereocenters. The van der Waals surface area contributed by atoms with E-state index in [2.05, 4.69) is 33.1 Å². The molecule has 5 rings (SSSR count). The van der Waals surface area contributed by atoms with Crippen LogP contribution in [-0.2, 0) is 42.7 Å². The van der Waals surface area contributed by atoms with Gasteiger partial charge in [0.2, 0.25) is 5.95 Å². The molecule has 0 spiro atoms. The van der Waals surface area contributed by atoms with Crippen LogP contribution in [0.25, 0.3) is 11.1 Å². The van der Waals surface area contributed by atoms with Gasteiger partial charge in [0.25, 0.3) is 0 Å². The van der Waals surface area contributed by atoms with Gasteiger partial charge in [-0.2, -0.15) is 0 Å². The highest BCUT2D eigenvalue weighted by atomic mass is 19.1. The van der Waals surface area contributed by atoms with E-state index in [9.17, 15) is 24.9 Å². The van der Waals surface area contributed by atoms with Gasteiger partial charge in [0.1, 0.15) is 42.5 Å². The van der Waals surface area contributed by atoms with Gasteiger partial charge in [-0.3, -0.25) is 9.59 Å². The van der Waals surface area contributed by atoms with Crippen molar-refractivity contribution in [3.8, 4) is 11.1 Å². The number of alkyl halides is 1. The largest absolute Gasteiger partial charge is 0.461 e. The third-order valence-electron chi connectivity index (χ3n) is 17.5. The number of rotatable bonds is 19. The molecule has 0 saturated carbocycles. The molecular weight excluding hydrogens is 994 g/mol. The standard InChI is InChI=1S/C57H94FN7O12/c1-32-26-57(10,73-15)52(34(3)47(44-27-56(9,72-14)51(69)37(6)75-44)35(4)53(70)76-45(21-23-66)55(7,8)50(68)36(5)48(32)67)77-46-25-42(24-33(2)74-46)64(12)22-20-41(59)31-65(61-11)43(28-58)49(71-13)39-18-16-38(17-19-39)40-29-62-54(60)63-30-40/h16-19,29-37,42-47,49-52,61,66,68-69H,20-28,59H2,1-15H3,(H2,60,62,63)/p+1/b41-31-/t32-,33-,34+,35-,36+,37+,42+,43-,44-,45-,46+,47?,49-,50-,51+,52-,56-,57-/m1/s1. The summed E-state index contributed by atoms with van der Waals surface area (Å²) < 4.78 is 60.5. The molecule has 0 bridgehead atoms. The van der Waals surface area contributed by atoms with E-state index >= 15 is 4.39 Å². The number of hydrogen-bond donors (Lipinski definition) is 6. The number of hydrazine groups is 1. The van der Waals surface area contributed by atoms with E-state index in [1.165, 1.54) is 0 Å². The first-order chi connectivity index (χ1) is 36.2. The number of aromatic nitrogens is 2. The van der Waals surface area contributed by atoms with Crippen LogP contribution in [0.3, 0.4) is 0 Å². The molecule has 1 aromatic carbocycles. The minimum atomic E-state index is -1.23. The highest BCUT2D eigenvalue weighted by Gasteiger charge is 2.55. The van der Waals surface area contributed by atoms with E-state index < -0.39 is 114 Å². The number of ketones is 1. The Hall–Kier alpha value is -3.77. The Morgan fingerprint density at radius 1 is 0.935 bits per heavy atom. The number of aliphatic hydroxyl groups excluding tert-OH is 3. The van der Waals surface area contributed by atoms with E-state index in [1.807, 2.05) is 65.1 Å². The quantitative estimate of drug-likeness (QED) is 0.0796. The number of Topliss-reactive ketones (excluding diaryl/α,β-unsaturated/α-hetero) is 1. The van der Waals surface area contributed by atoms with Gasteiger partial charge in [-0.15, -0.1) is 0 Å². The number of nitrogens with zero attached hydrogens (tertiary/aromatic N) is 4. The van der Waals surface area contributed by atoms with Gasteiger partial charge >= 0.3 is 5.97 Å². The second-order valence-corrected chi connectivity index (χ2v) is 23.3. The normalized spacial score (nSPS) is 35.7. The van der Waals surface area contributed by atoms with E-state index in [4.69, 9.17) is 38.9 Å². The van der Waals surface area contributed by atoms with E-state index in [1.54, 1.807) is 80.4 Å². The van der Waals surface area contributed by atoms with Crippen molar-refractivity contribution in [1.82, 2.24) is 25.3 Å². The van der Waals surface area contributed by atoms with E-state index in [0.717, 1.165) is 22.4 Å². The second kappa shape index (κ2) is 27.6. The molecule has 0 aliphatic carbocycles. The predicted octanol–water partition coefficient (Wildman–Crippen LogP) is 5.04. The van der Waals surface area contributed by atoms with Crippen LogP contribution in [-0.4, -0.2) is 175 Å². The fourth-order valence-corrected chi connectivity index (χ4v) is 12.5. The Kier molecular flexibility index (Phi) is 23.0. The summed E-state index contributed by atoms with van der Waals surface area (Å²) in [5.41, 5.74) is 13.1. The zero-order valence-electron chi connectivity index (χ0n) is 48.6. The number of nitrogens with one attached hydrogen (secondary N) is 1. The van der Waals surface area contributed by atoms with Crippen molar-refractivity contribution < 1.29 is 68.2 Å². The maximum Gasteiger partial charge on any atom is 0.309 e. The van der Waals surface area contributed by atoms with Crippen molar-refractivity contribution in [3.05, 3.63) is 54.1 Å². The summed E-state index contributed by atoms with van der Waals surface area (Å²) in [5.74, 6) is -4.09. The van der Waals surface area contributed by atoms with Crippen molar-refractivity contribution in [2.75, 3.05) is 61.0 Å². The van der Waals surface area contributed by atoms with Crippen LogP contribution in [0, 0.1) is 35.0 Å². The molecule has 1 aromatic heterocycles. The van der Waals surface area contributed by atoms with E-state index in [0.29, 0.717) is 25.8 Å². The molecule has 77 heavy (non-hydrogen) atoms. The maximum atomic E-state index is 15.1. The first-order valence-corrected chi connectivity index (χ1v) is 27.5. The fourth-order valence-electron chi connectivity index (χ4n) is 12.5. The lowest BCUT2D eigenvalue weighted by Gasteiger charge is -2.52. The molecule has 19 nitrogen and oxygen atoms in total. The minimum absolute atomic E-state index is 0.00965. The monoisotopic (exact) mass is 1090 g/mol. The molecule has 2 aromatic rings. The summed E-state index contributed by atoms with van der Waals surface area (Å²) in [6.45, 7) is 18.0. The topological polar surface area (TPSA) is 257 Å². The van der Waals surface area contributed by atoms with Crippen molar-refractivity contribution in [1.29, 1.82) is 0 Å². The number of quaternary nitrogens is 1. The minimum Gasteiger partial charge on any atom is -0.461 e. The predicted molar refractivity (Wildman–Crippen MR) is 290 cm³/mol. The molecular formula is C57H95FN7O12+. The Labute approximate surface area is 457 Å². The Morgan fingerprint density at radius 3 is 2.14 bits per heavy atom. The first kappa shape index (κ1) is 64.1. The number of cyclic esters (lactones) is 1. The molecule has 3 fully saturated rings. The number of carbonyl (C=O) groups excluding carboxylic acids is 2. The second-order valence-electron chi connectivity index (χ2n) is 23.3. The van der Waals surface area contributed by atoms with Crippen LogP contribution in [0.1, 0.15) is 119 Å². The summed E-state index contributed by atoms with van der Waals surface area (Å²) in [6, 6.07) is 6.90. The van der Waals surface area contributed by atoms with Crippen molar-refractivity contribution >= 4 is 17.7 Å². The summed E-state index contributed by atoms with van der Waals surface area (Å²) in [6.07, 6.45) is 0.417. The molecule has 3 aliphatic rings. The molecule has 20 heteroatoms. The summed E-state index contributed by atoms with van der Waals surface area (Å²) in [4.78, 5) is 39.7. The molecule has 0 radical (unpaired) electrons. The number of nitrogen functional groups attached to an aromatic ring is 1. The smallest absolute Gasteiger partial charge is 0.309 e. The number of halogens is 1. The van der Waals surface area contributed by atoms with Gasteiger partial charge in [0, 0.05) is 114 Å². The van der Waals surface area contributed by atoms with Crippen LogP contribution in [0.5, 0.6) is 0 Å². The molecule has 1 unspecified atom stereocenters. The van der Waals surface area contributed by atoms with Crippen LogP contribution in [0.15, 0.2) is 48.6 Å². The Morgan fingerprint density at radius 2 is 1.57 bits per heavy atom. The van der Waals surface area contributed by atoms with Crippen LogP contribution >= 0.6 is 0 Å². The summed E-state index contributed by atoms with van der Waals surface area (Å²) >= 11 is 0.